The van der Waals surface area contributed by atoms with Crippen molar-refractivity contribution >= 4 is 11.9 Å². The number of benzene rings is 1. The van der Waals surface area contributed by atoms with Crippen LogP contribution in [0.2, 0.25) is 0 Å². The molecule has 0 radical (unpaired) electrons. The van der Waals surface area contributed by atoms with Crippen molar-refractivity contribution in [2.75, 3.05) is 13.7 Å². The summed E-state index contributed by atoms with van der Waals surface area (Å²) in [6.45, 7) is 5.69. The molecule has 0 heterocycles. The summed E-state index contributed by atoms with van der Waals surface area (Å²) >= 11 is 0. The van der Waals surface area contributed by atoms with Gasteiger partial charge in [0.25, 0.3) is 0 Å². The van der Waals surface area contributed by atoms with E-state index >= 15 is 0 Å². The van der Waals surface area contributed by atoms with E-state index in [1.54, 1.807) is 13.8 Å². The van der Waals surface area contributed by atoms with Crippen LogP contribution in [0.5, 0.6) is 5.75 Å². The normalized spacial score (nSPS) is 10.9. The summed E-state index contributed by atoms with van der Waals surface area (Å²) in [7, 11) is 1.30. The van der Waals surface area contributed by atoms with Gasteiger partial charge in [-0.05, 0) is 39.3 Å². The first kappa shape index (κ1) is 17.0. The van der Waals surface area contributed by atoms with Crippen molar-refractivity contribution < 1.29 is 19.1 Å². The second-order valence-corrected chi connectivity index (χ2v) is 5.43. The van der Waals surface area contributed by atoms with Crippen LogP contribution in [0.3, 0.4) is 0 Å². The second kappa shape index (κ2) is 7.67. The molecule has 1 aromatic carbocycles. The molecule has 0 aliphatic rings. The van der Waals surface area contributed by atoms with Crippen molar-refractivity contribution in [3.05, 3.63) is 29.8 Å². The first-order valence-corrected chi connectivity index (χ1v) is 6.94. The third-order valence-electron chi connectivity index (χ3n) is 2.99. The van der Waals surface area contributed by atoms with Crippen molar-refractivity contribution in [3.63, 3.8) is 0 Å². The highest BCUT2D eigenvalue weighted by Gasteiger charge is 2.30. The smallest absolute Gasteiger partial charge is 0.330 e. The summed E-state index contributed by atoms with van der Waals surface area (Å²) in [5, 5.41) is 2.64. The van der Waals surface area contributed by atoms with Gasteiger partial charge in [-0.15, -0.1) is 0 Å². The molecule has 116 valence electrons. The van der Waals surface area contributed by atoms with Crippen LogP contribution in [0.25, 0.3) is 0 Å². The number of aryl methyl sites for hydroxylation is 1. The fourth-order valence-corrected chi connectivity index (χ4v) is 1.77. The minimum absolute atomic E-state index is 0.196. The Morgan fingerprint density at radius 3 is 2.38 bits per heavy atom. The van der Waals surface area contributed by atoms with Crippen LogP contribution in [0.1, 0.15) is 32.3 Å². The van der Waals surface area contributed by atoms with Gasteiger partial charge in [0.05, 0.1) is 13.7 Å². The monoisotopic (exact) mass is 293 g/mol. The third-order valence-corrected chi connectivity index (χ3v) is 2.99. The van der Waals surface area contributed by atoms with Crippen molar-refractivity contribution in [1.29, 1.82) is 0 Å². The summed E-state index contributed by atoms with van der Waals surface area (Å²) in [6, 6.07) is 7.74. The lowest BCUT2D eigenvalue weighted by molar-refractivity contribution is -0.149. The molecule has 1 aromatic rings. The maximum atomic E-state index is 11.8. The van der Waals surface area contributed by atoms with Gasteiger partial charge < -0.3 is 14.8 Å². The van der Waals surface area contributed by atoms with E-state index in [0.29, 0.717) is 19.4 Å². The standard InChI is InChI=1S/C16H23NO4/c1-12-7-9-13(10-8-12)21-11-5-6-14(18)17-16(2,3)15(19)20-4/h7-10H,5-6,11H2,1-4H3,(H,17,18). The van der Waals surface area contributed by atoms with Crippen LogP contribution >= 0.6 is 0 Å². The molecule has 0 atom stereocenters. The molecule has 1 rings (SSSR count). The number of hydrogen-bond acceptors (Lipinski definition) is 4. The topological polar surface area (TPSA) is 64.6 Å². The quantitative estimate of drug-likeness (QED) is 0.618. The molecular weight excluding hydrogens is 270 g/mol. The average molecular weight is 293 g/mol. The number of esters is 1. The van der Waals surface area contributed by atoms with Crippen LogP contribution in [0, 0.1) is 6.92 Å². The molecule has 0 aliphatic carbocycles. The number of ether oxygens (including phenoxy) is 2. The number of nitrogens with one attached hydrogen (secondary N) is 1. The molecule has 0 aliphatic heterocycles. The van der Waals surface area contributed by atoms with Gasteiger partial charge in [-0.2, -0.15) is 0 Å². The molecule has 0 aromatic heterocycles. The second-order valence-electron chi connectivity index (χ2n) is 5.43. The lowest BCUT2D eigenvalue weighted by Crippen LogP contribution is -2.50. The van der Waals surface area contributed by atoms with Gasteiger partial charge in [-0.25, -0.2) is 4.79 Å². The summed E-state index contributed by atoms with van der Waals surface area (Å²) in [5.41, 5.74) is 0.163. The minimum Gasteiger partial charge on any atom is -0.494 e. The first-order valence-electron chi connectivity index (χ1n) is 6.94. The Morgan fingerprint density at radius 2 is 1.81 bits per heavy atom. The van der Waals surface area contributed by atoms with E-state index in [9.17, 15) is 9.59 Å². The molecule has 0 saturated heterocycles. The molecule has 1 amide bonds. The SMILES string of the molecule is COC(=O)C(C)(C)NC(=O)CCCOc1ccc(C)cc1. The van der Waals surface area contributed by atoms with Gasteiger partial charge >= 0.3 is 5.97 Å². The van der Waals surface area contributed by atoms with Gasteiger partial charge in [0.1, 0.15) is 11.3 Å². The Hall–Kier alpha value is -2.04. The molecular formula is C16H23NO4. The van der Waals surface area contributed by atoms with Crippen molar-refractivity contribution in [2.24, 2.45) is 0 Å². The zero-order valence-electron chi connectivity index (χ0n) is 13.1. The predicted octanol–water partition coefficient (Wildman–Crippen LogP) is 2.22. The Kier molecular flexibility index (Phi) is 6.21. The van der Waals surface area contributed by atoms with Crippen molar-refractivity contribution in [3.8, 4) is 5.75 Å². The zero-order valence-corrected chi connectivity index (χ0v) is 13.1. The summed E-state index contributed by atoms with van der Waals surface area (Å²) in [4.78, 5) is 23.2. The average Bonchev–Trinajstić information content (AvgIpc) is 2.44. The highest BCUT2D eigenvalue weighted by Crippen LogP contribution is 2.12. The highest BCUT2D eigenvalue weighted by molar-refractivity contribution is 5.87. The van der Waals surface area contributed by atoms with Gasteiger partial charge in [0, 0.05) is 6.42 Å². The van der Waals surface area contributed by atoms with Crippen LogP contribution in [0.4, 0.5) is 0 Å². The molecule has 5 nitrogen and oxygen atoms in total. The molecule has 1 N–H and O–H groups in total. The van der Waals surface area contributed by atoms with Gasteiger partial charge in [0.2, 0.25) is 5.91 Å². The summed E-state index contributed by atoms with van der Waals surface area (Å²) in [5.74, 6) is 0.126. The number of rotatable bonds is 7. The maximum absolute atomic E-state index is 11.8. The van der Waals surface area contributed by atoms with Gasteiger partial charge in [-0.1, -0.05) is 17.7 Å². The maximum Gasteiger partial charge on any atom is 0.330 e. The number of carbonyl (C=O) groups excluding carboxylic acids is 2. The molecule has 0 unspecified atom stereocenters. The van der Waals surface area contributed by atoms with Crippen molar-refractivity contribution in [1.82, 2.24) is 5.32 Å². The van der Waals surface area contributed by atoms with Gasteiger partial charge in [0.15, 0.2) is 0 Å². The van der Waals surface area contributed by atoms with E-state index < -0.39 is 11.5 Å². The molecule has 0 fully saturated rings. The van der Waals surface area contributed by atoms with E-state index in [-0.39, 0.29) is 5.91 Å². The van der Waals surface area contributed by atoms with E-state index in [0.717, 1.165) is 5.75 Å². The Balaban J connectivity index is 2.27. The lowest BCUT2D eigenvalue weighted by atomic mass is 10.1. The Bertz CT molecular complexity index is 480. The van der Waals surface area contributed by atoms with E-state index in [1.165, 1.54) is 12.7 Å². The molecule has 21 heavy (non-hydrogen) atoms. The van der Waals surface area contributed by atoms with Crippen LogP contribution < -0.4 is 10.1 Å². The minimum atomic E-state index is -1.01. The van der Waals surface area contributed by atoms with Crippen LogP contribution in [-0.4, -0.2) is 31.1 Å². The van der Waals surface area contributed by atoms with E-state index in [4.69, 9.17) is 4.74 Å². The Labute approximate surface area is 125 Å². The third kappa shape index (κ3) is 5.85. The van der Waals surface area contributed by atoms with Crippen LogP contribution in [0.15, 0.2) is 24.3 Å². The highest BCUT2D eigenvalue weighted by atomic mass is 16.5. The molecule has 5 heteroatoms. The number of carbonyl (C=O) groups is 2. The fourth-order valence-electron chi connectivity index (χ4n) is 1.77. The number of amides is 1. The largest absolute Gasteiger partial charge is 0.494 e. The first-order chi connectivity index (χ1) is 9.85. The molecule has 0 saturated carbocycles. The summed E-state index contributed by atoms with van der Waals surface area (Å²) in [6.07, 6.45) is 0.878. The van der Waals surface area contributed by atoms with E-state index in [1.807, 2.05) is 31.2 Å². The number of methoxy groups -OCH3 is 1. The lowest BCUT2D eigenvalue weighted by Gasteiger charge is -2.23. The fraction of sp³-hybridized carbons (Fsp3) is 0.500. The molecule has 0 spiro atoms. The van der Waals surface area contributed by atoms with Crippen LogP contribution in [-0.2, 0) is 14.3 Å². The Morgan fingerprint density at radius 1 is 1.19 bits per heavy atom. The van der Waals surface area contributed by atoms with Crippen molar-refractivity contribution in [2.45, 2.75) is 39.2 Å². The summed E-state index contributed by atoms with van der Waals surface area (Å²) < 4.78 is 10.2. The zero-order chi connectivity index (χ0) is 15.9. The number of hydrogen-bond donors (Lipinski definition) is 1. The predicted molar refractivity (Wildman–Crippen MR) is 80.1 cm³/mol. The molecule has 0 bridgehead atoms. The van der Waals surface area contributed by atoms with E-state index in [2.05, 4.69) is 10.1 Å². The van der Waals surface area contributed by atoms with Gasteiger partial charge in [-0.3, -0.25) is 4.79 Å².